The van der Waals surface area contributed by atoms with Gasteiger partial charge in [0.25, 0.3) is 5.91 Å². The first-order valence-electron chi connectivity index (χ1n) is 6.61. The van der Waals surface area contributed by atoms with Gasteiger partial charge < -0.3 is 14.6 Å². The Morgan fingerprint density at radius 2 is 2.26 bits per heavy atom. The van der Waals surface area contributed by atoms with Crippen molar-refractivity contribution in [1.82, 2.24) is 15.4 Å². The molecular weight excluding hydrogens is 246 g/mol. The van der Waals surface area contributed by atoms with Crippen LogP contribution < -0.4 is 10.8 Å². The summed E-state index contributed by atoms with van der Waals surface area (Å²) >= 11 is 0. The predicted molar refractivity (Wildman–Crippen MR) is 70.9 cm³/mol. The maximum absolute atomic E-state index is 12.0. The molecule has 1 saturated heterocycles. The molecule has 0 radical (unpaired) electrons. The Labute approximate surface area is 113 Å². The maximum Gasteiger partial charge on any atom is 0.291 e. The molecule has 1 aliphatic rings. The number of carbonyl (C=O) groups is 1. The zero-order valence-electron chi connectivity index (χ0n) is 11.2. The van der Waals surface area contributed by atoms with Crippen LogP contribution in [0, 0.1) is 0 Å². The fourth-order valence-electron chi connectivity index (χ4n) is 2.28. The number of hydrogen-bond donors (Lipinski definition) is 2. The standard InChI is InChI=1S/C13H21N3O3/c1-18-9-10-19-15-13(17)12-3-2-8-16(12)11-4-6-14-7-5-11/h2-3,8,11,14H,4-7,9-10H2,1H3,(H,15,17). The molecule has 1 amide bonds. The van der Waals surface area contributed by atoms with Gasteiger partial charge in [-0.3, -0.25) is 9.63 Å². The van der Waals surface area contributed by atoms with E-state index in [4.69, 9.17) is 9.57 Å². The van der Waals surface area contributed by atoms with Crippen molar-refractivity contribution in [2.24, 2.45) is 0 Å². The molecule has 0 aromatic carbocycles. The SMILES string of the molecule is COCCONC(=O)c1cccn1C1CCNCC1. The van der Waals surface area contributed by atoms with Gasteiger partial charge in [0, 0.05) is 19.3 Å². The number of rotatable bonds is 6. The van der Waals surface area contributed by atoms with E-state index in [-0.39, 0.29) is 5.91 Å². The summed E-state index contributed by atoms with van der Waals surface area (Å²) in [6, 6.07) is 4.10. The molecule has 6 heteroatoms. The van der Waals surface area contributed by atoms with Crippen molar-refractivity contribution in [3.05, 3.63) is 24.0 Å². The minimum absolute atomic E-state index is 0.209. The van der Waals surface area contributed by atoms with E-state index in [1.54, 1.807) is 7.11 Å². The van der Waals surface area contributed by atoms with E-state index in [0.29, 0.717) is 24.9 Å². The van der Waals surface area contributed by atoms with Gasteiger partial charge in [0.2, 0.25) is 0 Å². The molecule has 0 spiro atoms. The Morgan fingerprint density at radius 1 is 1.47 bits per heavy atom. The Hall–Kier alpha value is -1.37. The molecule has 1 fully saturated rings. The molecule has 2 rings (SSSR count). The highest BCUT2D eigenvalue weighted by Crippen LogP contribution is 2.21. The number of piperidine rings is 1. The molecule has 0 saturated carbocycles. The maximum atomic E-state index is 12.0. The molecule has 2 heterocycles. The van der Waals surface area contributed by atoms with Gasteiger partial charge in [0.15, 0.2) is 0 Å². The second-order valence-corrected chi connectivity index (χ2v) is 4.55. The highest BCUT2D eigenvalue weighted by molar-refractivity contribution is 5.92. The van der Waals surface area contributed by atoms with Crippen molar-refractivity contribution in [3.8, 4) is 0 Å². The van der Waals surface area contributed by atoms with Gasteiger partial charge in [-0.2, -0.15) is 0 Å². The Kier molecular flexibility index (Phi) is 5.38. The molecule has 19 heavy (non-hydrogen) atoms. The minimum Gasteiger partial charge on any atom is -0.382 e. The summed E-state index contributed by atoms with van der Waals surface area (Å²) in [7, 11) is 1.59. The summed E-state index contributed by atoms with van der Waals surface area (Å²) in [5.41, 5.74) is 3.09. The number of amides is 1. The number of methoxy groups -OCH3 is 1. The lowest BCUT2D eigenvalue weighted by atomic mass is 10.1. The quantitative estimate of drug-likeness (QED) is 0.589. The number of aromatic nitrogens is 1. The molecule has 1 aliphatic heterocycles. The molecule has 106 valence electrons. The Balaban J connectivity index is 1.92. The fraction of sp³-hybridized carbons (Fsp3) is 0.615. The van der Waals surface area contributed by atoms with E-state index in [9.17, 15) is 4.79 Å². The number of carbonyl (C=O) groups excluding carboxylic acids is 1. The summed E-state index contributed by atoms with van der Waals surface area (Å²) < 4.78 is 6.88. The third-order valence-electron chi connectivity index (χ3n) is 3.27. The smallest absolute Gasteiger partial charge is 0.291 e. The van der Waals surface area contributed by atoms with E-state index >= 15 is 0 Å². The Bertz CT molecular complexity index is 400. The van der Waals surface area contributed by atoms with E-state index in [1.807, 2.05) is 22.9 Å². The van der Waals surface area contributed by atoms with Crippen LogP contribution >= 0.6 is 0 Å². The van der Waals surface area contributed by atoms with E-state index in [2.05, 4.69) is 10.8 Å². The lowest BCUT2D eigenvalue weighted by Gasteiger charge is -2.25. The van der Waals surface area contributed by atoms with Crippen LogP contribution in [-0.4, -0.2) is 43.9 Å². The average molecular weight is 267 g/mol. The second kappa shape index (κ2) is 7.28. The first kappa shape index (κ1) is 14.0. The van der Waals surface area contributed by atoms with Crippen LogP contribution in [0.2, 0.25) is 0 Å². The molecule has 2 N–H and O–H groups in total. The van der Waals surface area contributed by atoms with Gasteiger partial charge in [-0.15, -0.1) is 0 Å². The molecule has 6 nitrogen and oxygen atoms in total. The van der Waals surface area contributed by atoms with Gasteiger partial charge in [0.1, 0.15) is 5.69 Å². The van der Waals surface area contributed by atoms with E-state index in [1.165, 1.54) is 0 Å². The highest BCUT2D eigenvalue weighted by atomic mass is 16.7. The zero-order chi connectivity index (χ0) is 13.5. The molecule has 1 aromatic heterocycles. The van der Waals surface area contributed by atoms with Crippen LogP contribution in [-0.2, 0) is 9.57 Å². The van der Waals surface area contributed by atoms with E-state index in [0.717, 1.165) is 25.9 Å². The lowest BCUT2D eigenvalue weighted by Crippen LogP contribution is -2.32. The number of hydrogen-bond acceptors (Lipinski definition) is 4. The summed E-state index contributed by atoms with van der Waals surface area (Å²) in [6.45, 7) is 2.79. The van der Waals surface area contributed by atoms with Crippen molar-refractivity contribution in [2.45, 2.75) is 18.9 Å². The number of nitrogens with zero attached hydrogens (tertiary/aromatic N) is 1. The summed E-state index contributed by atoms with van der Waals surface area (Å²) in [4.78, 5) is 17.1. The lowest BCUT2D eigenvalue weighted by molar-refractivity contribution is 0.00819. The Morgan fingerprint density at radius 3 is 3.00 bits per heavy atom. The number of nitrogens with one attached hydrogen (secondary N) is 2. The normalized spacial score (nSPS) is 16.5. The molecule has 0 unspecified atom stereocenters. The molecule has 1 aromatic rings. The second-order valence-electron chi connectivity index (χ2n) is 4.55. The fourth-order valence-corrected chi connectivity index (χ4v) is 2.28. The third kappa shape index (κ3) is 3.79. The summed E-state index contributed by atoms with van der Waals surface area (Å²) in [5.74, 6) is -0.209. The highest BCUT2D eigenvalue weighted by Gasteiger charge is 2.19. The molecule has 0 atom stereocenters. The van der Waals surface area contributed by atoms with Crippen LogP contribution in [0.25, 0.3) is 0 Å². The van der Waals surface area contributed by atoms with Crippen LogP contribution in [0.5, 0.6) is 0 Å². The number of ether oxygens (including phenoxy) is 1. The number of hydroxylamine groups is 1. The van der Waals surface area contributed by atoms with Gasteiger partial charge >= 0.3 is 0 Å². The van der Waals surface area contributed by atoms with Gasteiger partial charge in [-0.05, 0) is 38.1 Å². The monoisotopic (exact) mass is 267 g/mol. The van der Waals surface area contributed by atoms with Crippen LogP contribution in [0.1, 0.15) is 29.4 Å². The van der Waals surface area contributed by atoms with Crippen LogP contribution in [0.15, 0.2) is 18.3 Å². The molecule has 0 aliphatic carbocycles. The first-order valence-corrected chi connectivity index (χ1v) is 6.61. The largest absolute Gasteiger partial charge is 0.382 e. The predicted octanol–water partition coefficient (Wildman–Crippen LogP) is 0.720. The average Bonchev–Trinajstić information content (AvgIpc) is 2.94. The van der Waals surface area contributed by atoms with Gasteiger partial charge in [0.05, 0.1) is 13.2 Å². The summed E-state index contributed by atoms with van der Waals surface area (Å²) in [5, 5.41) is 3.32. The van der Waals surface area contributed by atoms with Gasteiger partial charge in [-0.25, -0.2) is 5.48 Å². The first-order chi connectivity index (χ1) is 9.33. The summed E-state index contributed by atoms with van der Waals surface area (Å²) in [6.07, 6.45) is 4.04. The van der Waals surface area contributed by atoms with E-state index < -0.39 is 0 Å². The van der Waals surface area contributed by atoms with Crippen LogP contribution in [0.3, 0.4) is 0 Å². The zero-order valence-corrected chi connectivity index (χ0v) is 11.2. The molecule has 0 bridgehead atoms. The van der Waals surface area contributed by atoms with Crippen molar-refractivity contribution < 1.29 is 14.4 Å². The van der Waals surface area contributed by atoms with Crippen molar-refractivity contribution in [1.29, 1.82) is 0 Å². The van der Waals surface area contributed by atoms with Crippen LogP contribution in [0.4, 0.5) is 0 Å². The third-order valence-corrected chi connectivity index (χ3v) is 3.27. The molecular formula is C13H21N3O3. The topological polar surface area (TPSA) is 64.5 Å². The van der Waals surface area contributed by atoms with Gasteiger partial charge in [-0.1, -0.05) is 0 Å². The minimum atomic E-state index is -0.209. The van der Waals surface area contributed by atoms with Crippen molar-refractivity contribution >= 4 is 5.91 Å². The van der Waals surface area contributed by atoms with Crippen molar-refractivity contribution in [2.75, 3.05) is 33.4 Å². The van der Waals surface area contributed by atoms with Crippen molar-refractivity contribution in [3.63, 3.8) is 0 Å².